The number of terminal acetylenes is 1. The smallest absolute Gasteiger partial charge is 0.254 e. The van der Waals surface area contributed by atoms with Crippen molar-refractivity contribution < 1.29 is 13.9 Å². The van der Waals surface area contributed by atoms with Gasteiger partial charge in [0.25, 0.3) is 5.91 Å². The maximum absolute atomic E-state index is 13.8. The summed E-state index contributed by atoms with van der Waals surface area (Å²) in [5, 5.41) is 6.89. The van der Waals surface area contributed by atoms with Crippen LogP contribution in [0.2, 0.25) is 0 Å². The number of para-hydroxylation sites is 1. The number of nitrogens with zero attached hydrogens (tertiary/aromatic N) is 2. The van der Waals surface area contributed by atoms with E-state index in [2.05, 4.69) is 16.3 Å². The van der Waals surface area contributed by atoms with Gasteiger partial charge in [-0.05, 0) is 36.2 Å². The lowest BCUT2D eigenvalue weighted by Crippen LogP contribution is -2.25. The molecule has 0 radical (unpaired) electrons. The Morgan fingerprint density at radius 2 is 2.00 bits per heavy atom. The van der Waals surface area contributed by atoms with Gasteiger partial charge in [0.15, 0.2) is 0 Å². The van der Waals surface area contributed by atoms with Crippen molar-refractivity contribution >= 4 is 5.91 Å². The first kappa shape index (κ1) is 18.2. The fourth-order valence-corrected chi connectivity index (χ4v) is 2.51. The highest BCUT2D eigenvalue weighted by Gasteiger charge is 2.11. The molecule has 5 nitrogen and oxygen atoms in total. The maximum atomic E-state index is 13.8. The highest BCUT2D eigenvalue weighted by molar-refractivity contribution is 5.93. The number of rotatable bonds is 7. The summed E-state index contributed by atoms with van der Waals surface area (Å²) in [5.74, 6) is 2.46. The van der Waals surface area contributed by atoms with E-state index in [1.54, 1.807) is 18.2 Å². The van der Waals surface area contributed by atoms with E-state index in [0.29, 0.717) is 30.0 Å². The summed E-state index contributed by atoms with van der Waals surface area (Å²) < 4.78 is 20.5. The Kier molecular flexibility index (Phi) is 5.85. The molecule has 0 saturated heterocycles. The predicted octanol–water partition coefficient (Wildman–Crippen LogP) is 3.00. The summed E-state index contributed by atoms with van der Waals surface area (Å²) in [5.41, 5.74) is 1.73. The molecule has 0 aliphatic heterocycles. The number of nitrogens with one attached hydrogen (secondary N) is 1. The Bertz CT molecular complexity index is 958. The van der Waals surface area contributed by atoms with E-state index >= 15 is 0 Å². The van der Waals surface area contributed by atoms with Crippen LogP contribution in [0.5, 0.6) is 5.75 Å². The van der Waals surface area contributed by atoms with Crippen molar-refractivity contribution in [2.75, 3.05) is 13.2 Å². The molecule has 2 aromatic carbocycles. The van der Waals surface area contributed by atoms with Gasteiger partial charge in [0.2, 0.25) is 0 Å². The van der Waals surface area contributed by atoms with Gasteiger partial charge in [-0.3, -0.25) is 4.79 Å². The molecular formula is C21H18FN3O2. The zero-order valence-corrected chi connectivity index (χ0v) is 14.6. The van der Waals surface area contributed by atoms with Gasteiger partial charge in [0.05, 0.1) is 11.8 Å². The molecule has 6 heteroatoms. The third kappa shape index (κ3) is 4.73. The van der Waals surface area contributed by atoms with E-state index in [-0.39, 0.29) is 12.5 Å². The first-order valence-corrected chi connectivity index (χ1v) is 8.40. The molecule has 1 N–H and O–H groups in total. The number of halogens is 1. The third-order valence-corrected chi connectivity index (χ3v) is 3.89. The molecule has 0 atom stereocenters. The number of benzene rings is 2. The number of hydrogen-bond donors (Lipinski definition) is 1. The molecule has 0 fully saturated rings. The topological polar surface area (TPSA) is 56.1 Å². The monoisotopic (exact) mass is 363 g/mol. The van der Waals surface area contributed by atoms with Crippen molar-refractivity contribution in [2.24, 2.45) is 0 Å². The first-order chi connectivity index (χ1) is 13.2. The fourth-order valence-electron chi connectivity index (χ4n) is 2.51. The van der Waals surface area contributed by atoms with Gasteiger partial charge >= 0.3 is 0 Å². The van der Waals surface area contributed by atoms with Gasteiger partial charge in [-0.1, -0.05) is 30.2 Å². The van der Waals surface area contributed by atoms with E-state index in [1.807, 2.05) is 24.3 Å². The highest BCUT2D eigenvalue weighted by atomic mass is 19.1. The largest absolute Gasteiger partial charge is 0.481 e. The van der Waals surface area contributed by atoms with Crippen LogP contribution in [-0.4, -0.2) is 28.8 Å². The first-order valence-electron chi connectivity index (χ1n) is 8.40. The Morgan fingerprint density at radius 1 is 1.22 bits per heavy atom. The quantitative estimate of drug-likeness (QED) is 0.657. The Balaban J connectivity index is 1.53. The second kappa shape index (κ2) is 8.68. The van der Waals surface area contributed by atoms with E-state index in [0.717, 1.165) is 5.56 Å². The molecule has 1 aromatic heterocycles. The zero-order chi connectivity index (χ0) is 19.1. The second-order valence-corrected chi connectivity index (χ2v) is 5.77. The Morgan fingerprint density at radius 3 is 2.74 bits per heavy atom. The number of amides is 1. The number of carbonyl (C=O) groups excluding carboxylic acids is 1. The van der Waals surface area contributed by atoms with Crippen molar-refractivity contribution in [3.8, 4) is 23.8 Å². The molecule has 0 aliphatic rings. The molecule has 0 bridgehead atoms. The third-order valence-electron chi connectivity index (χ3n) is 3.89. The molecule has 27 heavy (non-hydrogen) atoms. The molecule has 3 aromatic rings. The molecule has 1 heterocycles. The maximum Gasteiger partial charge on any atom is 0.254 e. The fraction of sp³-hybridized carbons (Fsp3) is 0.143. The lowest BCUT2D eigenvalue weighted by atomic mass is 10.1. The molecule has 0 saturated carbocycles. The highest BCUT2D eigenvalue weighted by Crippen LogP contribution is 2.13. The molecule has 1 amide bonds. The standard InChI is InChI=1S/C21H18FN3O2/c1-2-13-27-18-9-7-16(8-10-18)11-12-23-21(26)17-14-24-25(15-17)20-6-4-3-5-19(20)22/h1,3-10,14-15H,11-13H2,(H,23,26). The van der Waals surface area contributed by atoms with Gasteiger partial charge in [-0.25, -0.2) is 9.07 Å². The van der Waals surface area contributed by atoms with E-state index < -0.39 is 5.82 Å². The van der Waals surface area contributed by atoms with E-state index in [4.69, 9.17) is 11.2 Å². The summed E-state index contributed by atoms with van der Waals surface area (Å²) in [7, 11) is 0. The van der Waals surface area contributed by atoms with Crippen LogP contribution in [-0.2, 0) is 6.42 Å². The molecule has 3 rings (SSSR count). The number of aromatic nitrogens is 2. The van der Waals surface area contributed by atoms with E-state index in [9.17, 15) is 9.18 Å². The second-order valence-electron chi connectivity index (χ2n) is 5.77. The predicted molar refractivity (Wildman–Crippen MR) is 100 cm³/mol. The van der Waals surface area contributed by atoms with Crippen molar-refractivity contribution in [2.45, 2.75) is 6.42 Å². The average Bonchev–Trinajstić information content (AvgIpc) is 3.18. The van der Waals surface area contributed by atoms with Gasteiger partial charge in [-0.15, -0.1) is 6.42 Å². The summed E-state index contributed by atoms with van der Waals surface area (Å²) in [6, 6.07) is 13.8. The lowest BCUT2D eigenvalue weighted by molar-refractivity contribution is 0.0954. The zero-order valence-electron chi connectivity index (χ0n) is 14.6. The number of carbonyl (C=O) groups is 1. The number of hydrogen-bond acceptors (Lipinski definition) is 3. The SMILES string of the molecule is C#CCOc1ccc(CCNC(=O)c2cnn(-c3ccccc3F)c2)cc1. The normalized spacial score (nSPS) is 10.2. The summed E-state index contributed by atoms with van der Waals surface area (Å²) in [6.45, 7) is 0.699. The van der Waals surface area contributed by atoms with Crippen LogP contribution in [0.4, 0.5) is 4.39 Å². The van der Waals surface area contributed by atoms with Gasteiger partial charge in [-0.2, -0.15) is 5.10 Å². The van der Waals surface area contributed by atoms with Crippen LogP contribution >= 0.6 is 0 Å². The van der Waals surface area contributed by atoms with Crippen LogP contribution < -0.4 is 10.1 Å². The van der Waals surface area contributed by atoms with Gasteiger partial charge in [0.1, 0.15) is 23.9 Å². The van der Waals surface area contributed by atoms with E-state index in [1.165, 1.54) is 23.1 Å². The minimum absolute atomic E-state index is 0.232. The minimum Gasteiger partial charge on any atom is -0.481 e. The van der Waals surface area contributed by atoms with Crippen LogP contribution in [0, 0.1) is 18.2 Å². The summed E-state index contributed by atoms with van der Waals surface area (Å²) >= 11 is 0. The van der Waals surface area contributed by atoms with Crippen molar-refractivity contribution in [3.63, 3.8) is 0 Å². The molecule has 0 spiro atoms. The molecule has 0 aliphatic carbocycles. The molecule has 136 valence electrons. The minimum atomic E-state index is -0.401. The van der Waals surface area contributed by atoms with Gasteiger partial charge in [0, 0.05) is 12.7 Å². The number of ether oxygens (including phenoxy) is 1. The molecule has 0 unspecified atom stereocenters. The summed E-state index contributed by atoms with van der Waals surface area (Å²) in [4.78, 5) is 12.2. The van der Waals surface area contributed by atoms with Crippen molar-refractivity contribution in [1.29, 1.82) is 0 Å². The van der Waals surface area contributed by atoms with Crippen LogP contribution in [0.25, 0.3) is 5.69 Å². The summed E-state index contributed by atoms with van der Waals surface area (Å²) in [6.07, 6.45) is 8.74. The average molecular weight is 363 g/mol. The van der Waals surface area contributed by atoms with Crippen LogP contribution in [0.1, 0.15) is 15.9 Å². The Hall–Kier alpha value is -3.59. The lowest BCUT2D eigenvalue weighted by Gasteiger charge is -2.06. The van der Waals surface area contributed by atoms with Crippen molar-refractivity contribution in [1.82, 2.24) is 15.1 Å². The van der Waals surface area contributed by atoms with Crippen LogP contribution in [0.15, 0.2) is 60.9 Å². The van der Waals surface area contributed by atoms with Crippen LogP contribution in [0.3, 0.4) is 0 Å². The van der Waals surface area contributed by atoms with Crippen molar-refractivity contribution in [3.05, 3.63) is 77.9 Å². The van der Waals surface area contributed by atoms with Gasteiger partial charge < -0.3 is 10.1 Å². The molecular weight excluding hydrogens is 345 g/mol. The Labute approximate surface area is 156 Å².